The van der Waals surface area contributed by atoms with Crippen molar-refractivity contribution < 1.29 is 9.90 Å². The van der Waals surface area contributed by atoms with E-state index in [1.807, 2.05) is 17.6 Å². The summed E-state index contributed by atoms with van der Waals surface area (Å²) in [6, 6.07) is 5.22. The second kappa shape index (κ2) is 10.6. The number of anilines is 3. The molecule has 2 atom stereocenters. The zero-order chi connectivity index (χ0) is 27.0. The van der Waals surface area contributed by atoms with Gasteiger partial charge >= 0.3 is 0 Å². The third kappa shape index (κ3) is 5.23. The number of nitrogens with one attached hydrogen (secondary N) is 2. The molecule has 0 saturated heterocycles. The van der Waals surface area contributed by atoms with Crippen LogP contribution in [0.15, 0.2) is 18.3 Å². The van der Waals surface area contributed by atoms with Crippen LogP contribution in [0.5, 0.6) is 0 Å². The molecular formula is C26H30Cl2N8O2. The quantitative estimate of drug-likeness (QED) is 0.328. The largest absolute Gasteiger partial charge is 0.393 e. The number of hydrogen-bond acceptors (Lipinski definition) is 8. The second-order valence-corrected chi connectivity index (χ2v) is 11.4. The topological polar surface area (TPSA) is 155 Å². The van der Waals surface area contributed by atoms with Gasteiger partial charge in [0, 0.05) is 17.5 Å². The molecule has 0 unspecified atom stereocenters. The normalized spacial score (nSPS) is 25.6. The van der Waals surface area contributed by atoms with Crippen molar-refractivity contribution in [1.29, 1.82) is 5.26 Å². The zero-order valence-electron chi connectivity index (χ0n) is 21.0. The Hall–Kier alpha value is -3.13. The van der Waals surface area contributed by atoms with Gasteiger partial charge in [-0.2, -0.15) is 10.2 Å². The molecule has 2 heterocycles. The number of nitrogens with zero attached hydrogens (tertiary/aromatic N) is 5. The van der Waals surface area contributed by atoms with Crippen LogP contribution in [0.4, 0.5) is 17.6 Å². The molecule has 1 aromatic carbocycles. The van der Waals surface area contributed by atoms with Gasteiger partial charge < -0.3 is 21.5 Å². The molecule has 200 valence electrons. The summed E-state index contributed by atoms with van der Waals surface area (Å²) in [5, 5.41) is 26.5. The fraction of sp³-hybridized carbons (Fsp3) is 0.500. The summed E-state index contributed by atoms with van der Waals surface area (Å²) in [7, 11) is 0. The SMILES string of the molecule is C[C@]1(C(N)=O)CC[C@@H](n2c(Nc3c(Cl)cc(C#N)cc3Cl)nc3cnc(N[C@@H]4CCC[C@@H](O)C4)nc32)CC1. The molecule has 5 rings (SSSR count). The predicted octanol–water partition coefficient (Wildman–Crippen LogP) is 5.07. The highest BCUT2D eigenvalue weighted by molar-refractivity contribution is 6.39. The molecule has 3 aromatic rings. The Balaban J connectivity index is 1.53. The third-order valence-electron chi connectivity index (χ3n) is 7.84. The average Bonchev–Trinajstić information content (AvgIpc) is 3.23. The van der Waals surface area contributed by atoms with Crippen molar-refractivity contribution in [1.82, 2.24) is 19.5 Å². The number of nitriles is 1. The molecule has 2 aromatic heterocycles. The molecule has 0 bridgehead atoms. The standard InChI is InChI=1S/C26H30Cl2N8O2/c1-26(23(30)38)7-5-16(6-8-26)36-22-20(13-31-24(35-22)32-15-3-2-4-17(37)11-15)33-25(36)34-21-18(27)9-14(12-29)10-19(21)28/h9-10,13,15-17,37H,2-8,11H2,1H3,(H2,30,38)(H,33,34)(H,31,32,35)/t15-,16-,17-,26+/m1/s1. The van der Waals surface area contributed by atoms with Crippen molar-refractivity contribution in [3.05, 3.63) is 33.9 Å². The smallest absolute Gasteiger partial charge is 0.224 e. The summed E-state index contributed by atoms with van der Waals surface area (Å²) in [4.78, 5) is 26.1. The van der Waals surface area contributed by atoms with Crippen LogP contribution in [-0.2, 0) is 4.79 Å². The zero-order valence-corrected chi connectivity index (χ0v) is 22.6. The predicted molar refractivity (Wildman–Crippen MR) is 146 cm³/mol. The number of nitrogens with two attached hydrogens (primary N) is 1. The minimum atomic E-state index is -0.552. The number of aliphatic hydroxyl groups is 1. The molecule has 2 fully saturated rings. The minimum Gasteiger partial charge on any atom is -0.393 e. The number of fused-ring (bicyclic) bond motifs is 1. The first-order chi connectivity index (χ1) is 18.2. The van der Waals surface area contributed by atoms with E-state index in [1.54, 1.807) is 18.3 Å². The maximum atomic E-state index is 12.1. The summed E-state index contributed by atoms with van der Waals surface area (Å²) in [6.07, 6.45) is 7.38. The van der Waals surface area contributed by atoms with Crippen LogP contribution >= 0.6 is 23.2 Å². The van der Waals surface area contributed by atoms with Crippen LogP contribution in [0, 0.1) is 16.7 Å². The summed E-state index contributed by atoms with van der Waals surface area (Å²) in [5.41, 5.74) is 7.15. The van der Waals surface area contributed by atoms with Gasteiger partial charge in [-0.25, -0.2) is 9.97 Å². The molecule has 1 amide bonds. The van der Waals surface area contributed by atoms with Gasteiger partial charge in [-0.1, -0.05) is 30.1 Å². The molecule has 2 aliphatic carbocycles. The molecule has 5 N–H and O–H groups in total. The van der Waals surface area contributed by atoms with Crippen molar-refractivity contribution in [3.8, 4) is 6.07 Å². The number of rotatable bonds is 6. The first kappa shape index (κ1) is 26.5. The fourth-order valence-corrected chi connectivity index (χ4v) is 6.07. The van der Waals surface area contributed by atoms with Crippen LogP contribution < -0.4 is 16.4 Å². The summed E-state index contributed by atoms with van der Waals surface area (Å²) in [5.74, 6) is 0.668. The van der Waals surface area contributed by atoms with E-state index in [-0.39, 0.29) is 24.1 Å². The van der Waals surface area contributed by atoms with Crippen molar-refractivity contribution >= 4 is 57.9 Å². The summed E-state index contributed by atoms with van der Waals surface area (Å²) in [6.45, 7) is 1.91. The van der Waals surface area contributed by atoms with Gasteiger partial charge in [0.05, 0.1) is 39.7 Å². The third-order valence-corrected chi connectivity index (χ3v) is 8.44. The molecular weight excluding hydrogens is 527 g/mol. The van der Waals surface area contributed by atoms with E-state index >= 15 is 0 Å². The first-order valence-corrected chi connectivity index (χ1v) is 13.6. The maximum absolute atomic E-state index is 12.1. The van der Waals surface area contributed by atoms with Crippen molar-refractivity contribution in [2.45, 2.75) is 76.5 Å². The molecule has 12 heteroatoms. The lowest BCUT2D eigenvalue weighted by atomic mass is 9.73. The Kier molecular flexibility index (Phi) is 7.36. The van der Waals surface area contributed by atoms with Crippen LogP contribution in [0.3, 0.4) is 0 Å². The molecule has 2 saturated carbocycles. The number of hydrogen-bond donors (Lipinski definition) is 4. The Morgan fingerprint density at radius 1 is 1.21 bits per heavy atom. The fourth-order valence-electron chi connectivity index (χ4n) is 5.49. The number of aromatic nitrogens is 4. The van der Waals surface area contributed by atoms with Gasteiger partial charge in [0.2, 0.25) is 17.8 Å². The van der Waals surface area contributed by atoms with Crippen LogP contribution in [0.1, 0.15) is 69.9 Å². The van der Waals surface area contributed by atoms with E-state index in [9.17, 15) is 15.2 Å². The average molecular weight is 557 g/mol. The van der Waals surface area contributed by atoms with Crippen molar-refractivity contribution in [2.24, 2.45) is 11.1 Å². The highest BCUT2D eigenvalue weighted by atomic mass is 35.5. The van der Waals surface area contributed by atoms with Crippen molar-refractivity contribution in [2.75, 3.05) is 10.6 Å². The number of carbonyl (C=O) groups is 1. The Morgan fingerprint density at radius 2 is 1.92 bits per heavy atom. The lowest BCUT2D eigenvalue weighted by Gasteiger charge is -2.35. The van der Waals surface area contributed by atoms with Gasteiger partial charge in [0.1, 0.15) is 5.52 Å². The number of amides is 1. The van der Waals surface area contributed by atoms with Gasteiger partial charge in [-0.15, -0.1) is 0 Å². The molecule has 10 nitrogen and oxygen atoms in total. The molecule has 0 spiro atoms. The van der Waals surface area contributed by atoms with Crippen LogP contribution in [0.2, 0.25) is 10.0 Å². The Morgan fingerprint density at radius 3 is 2.55 bits per heavy atom. The summed E-state index contributed by atoms with van der Waals surface area (Å²) >= 11 is 12.9. The second-order valence-electron chi connectivity index (χ2n) is 10.6. The first-order valence-electron chi connectivity index (χ1n) is 12.8. The van der Waals surface area contributed by atoms with E-state index < -0.39 is 5.41 Å². The number of halogens is 2. The van der Waals surface area contributed by atoms with Gasteiger partial charge in [0.25, 0.3) is 0 Å². The Labute approximate surface area is 230 Å². The summed E-state index contributed by atoms with van der Waals surface area (Å²) < 4.78 is 2.02. The van der Waals surface area contributed by atoms with Crippen LogP contribution in [-0.4, -0.2) is 42.7 Å². The molecule has 0 aliphatic heterocycles. The van der Waals surface area contributed by atoms with Gasteiger partial charge in [-0.3, -0.25) is 9.36 Å². The highest BCUT2D eigenvalue weighted by Gasteiger charge is 2.38. The van der Waals surface area contributed by atoms with E-state index in [0.29, 0.717) is 76.5 Å². The monoisotopic (exact) mass is 556 g/mol. The number of carbonyl (C=O) groups excluding carboxylic acids is 1. The van der Waals surface area contributed by atoms with E-state index in [4.69, 9.17) is 38.9 Å². The molecule has 2 aliphatic rings. The number of benzene rings is 1. The van der Waals surface area contributed by atoms with Gasteiger partial charge in [0.15, 0.2) is 5.65 Å². The van der Waals surface area contributed by atoms with E-state index in [1.165, 1.54) is 0 Å². The maximum Gasteiger partial charge on any atom is 0.224 e. The lowest BCUT2D eigenvalue weighted by Crippen LogP contribution is -2.38. The minimum absolute atomic E-state index is 0.00916. The van der Waals surface area contributed by atoms with Gasteiger partial charge in [-0.05, 0) is 63.5 Å². The van der Waals surface area contributed by atoms with Crippen molar-refractivity contribution in [3.63, 3.8) is 0 Å². The number of aliphatic hydroxyl groups excluding tert-OH is 1. The van der Waals surface area contributed by atoms with E-state index in [0.717, 1.165) is 19.3 Å². The lowest BCUT2D eigenvalue weighted by molar-refractivity contribution is -0.128. The molecule has 0 radical (unpaired) electrons. The number of primary amides is 1. The van der Waals surface area contributed by atoms with Crippen LogP contribution in [0.25, 0.3) is 11.2 Å². The number of imidazole rings is 1. The van der Waals surface area contributed by atoms with E-state index in [2.05, 4.69) is 15.6 Å². The Bertz CT molecular complexity index is 1390. The molecule has 38 heavy (non-hydrogen) atoms. The highest BCUT2D eigenvalue weighted by Crippen LogP contribution is 2.43.